The first-order chi connectivity index (χ1) is 11.5. The molecule has 2 heterocycles. The molecule has 3 rings (SSSR count). The van der Waals surface area contributed by atoms with E-state index in [0.29, 0.717) is 16.8 Å². The molecule has 3 N–H and O–H groups in total. The molecule has 1 aromatic heterocycles. The summed E-state index contributed by atoms with van der Waals surface area (Å²) in [4.78, 5) is 15.8. The third-order valence-corrected chi connectivity index (χ3v) is 6.75. The Morgan fingerprint density at radius 1 is 1.38 bits per heavy atom. The zero-order valence-electron chi connectivity index (χ0n) is 14.7. The third kappa shape index (κ3) is 3.58. The van der Waals surface area contributed by atoms with Crippen LogP contribution in [0.1, 0.15) is 59.1 Å². The van der Waals surface area contributed by atoms with Gasteiger partial charge in [0, 0.05) is 29.6 Å². The number of hydrogen-bond donors (Lipinski definition) is 2. The smallest absolute Gasteiger partial charge is 0.346 e. The van der Waals surface area contributed by atoms with E-state index in [0.717, 1.165) is 57.2 Å². The molecule has 0 amide bonds. The van der Waals surface area contributed by atoms with E-state index in [1.54, 1.807) is 0 Å². The van der Waals surface area contributed by atoms with E-state index in [1.807, 2.05) is 0 Å². The van der Waals surface area contributed by atoms with E-state index in [1.165, 1.54) is 27.4 Å². The number of nitrogens with two attached hydrogens (primary N) is 1. The molecular weight excluding hydrogens is 320 g/mol. The van der Waals surface area contributed by atoms with Crippen molar-refractivity contribution >= 4 is 22.9 Å². The summed E-state index contributed by atoms with van der Waals surface area (Å²) in [5.74, 6) is -0.222. The molecule has 5 heteroatoms. The summed E-state index contributed by atoms with van der Waals surface area (Å²) in [7, 11) is 2.16. The van der Waals surface area contributed by atoms with Crippen LogP contribution in [0, 0.1) is 5.92 Å². The summed E-state index contributed by atoms with van der Waals surface area (Å²) in [6.45, 7) is 4.06. The van der Waals surface area contributed by atoms with Crippen LogP contribution in [0.25, 0.3) is 5.57 Å². The predicted octanol–water partition coefficient (Wildman–Crippen LogP) is 3.62. The first kappa shape index (κ1) is 17.6. The van der Waals surface area contributed by atoms with Crippen molar-refractivity contribution in [2.75, 3.05) is 20.1 Å². The molecule has 1 aromatic rings. The van der Waals surface area contributed by atoms with Gasteiger partial charge in [0.1, 0.15) is 4.88 Å². The number of aryl methyl sites for hydroxylation is 1. The van der Waals surface area contributed by atoms with Crippen molar-refractivity contribution in [3.8, 4) is 0 Å². The van der Waals surface area contributed by atoms with Gasteiger partial charge in [-0.05, 0) is 68.7 Å². The quantitative estimate of drug-likeness (QED) is 0.872. The average molecular weight is 349 g/mol. The van der Waals surface area contributed by atoms with Crippen LogP contribution in [0.5, 0.6) is 0 Å². The van der Waals surface area contributed by atoms with Crippen molar-refractivity contribution < 1.29 is 9.90 Å². The normalized spacial score (nSPS) is 26.0. The van der Waals surface area contributed by atoms with E-state index in [9.17, 15) is 9.90 Å². The lowest BCUT2D eigenvalue weighted by Gasteiger charge is -2.35. The molecule has 132 valence electrons. The third-order valence-electron chi connectivity index (χ3n) is 5.49. The number of aromatic carboxylic acids is 1. The molecule has 0 radical (unpaired) electrons. The van der Waals surface area contributed by atoms with Gasteiger partial charge in [0.2, 0.25) is 0 Å². The molecule has 0 bridgehead atoms. The van der Waals surface area contributed by atoms with Crippen molar-refractivity contribution in [1.82, 2.24) is 4.90 Å². The van der Waals surface area contributed by atoms with Crippen molar-refractivity contribution in [3.05, 3.63) is 27.0 Å². The highest BCUT2D eigenvalue weighted by Gasteiger charge is 2.30. The van der Waals surface area contributed by atoms with E-state index in [2.05, 4.69) is 24.9 Å². The molecule has 1 fully saturated rings. The van der Waals surface area contributed by atoms with E-state index in [-0.39, 0.29) is 0 Å². The second kappa shape index (κ2) is 7.38. The van der Waals surface area contributed by atoms with Gasteiger partial charge in [-0.25, -0.2) is 4.79 Å². The fourth-order valence-electron chi connectivity index (χ4n) is 4.08. The Kier molecular flexibility index (Phi) is 5.42. The van der Waals surface area contributed by atoms with Crippen molar-refractivity contribution in [3.63, 3.8) is 0 Å². The van der Waals surface area contributed by atoms with Gasteiger partial charge in [0.15, 0.2) is 0 Å². The summed E-state index contributed by atoms with van der Waals surface area (Å²) in [5, 5.41) is 9.65. The summed E-state index contributed by atoms with van der Waals surface area (Å²) >= 11 is 1.44. The highest BCUT2D eigenvalue weighted by atomic mass is 32.1. The van der Waals surface area contributed by atoms with E-state index >= 15 is 0 Å². The fraction of sp³-hybridized carbons (Fsp3) is 0.632. The average Bonchev–Trinajstić information content (AvgIpc) is 3.00. The lowest BCUT2D eigenvalue weighted by atomic mass is 9.77. The molecule has 0 atom stereocenters. The molecule has 0 aromatic carbocycles. The van der Waals surface area contributed by atoms with Crippen LogP contribution in [-0.4, -0.2) is 42.2 Å². The van der Waals surface area contributed by atoms with Gasteiger partial charge in [-0.1, -0.05) is 6.92 Å². The number of thiophene rings is 1. The first-order valence-corrected chi connectivity index (χ1v) is 9.83. The van der Waals surface area contributed by atoms with Crippen molar-refractivity contribution in [2.45, 2.75) is 51.5 Å². The van der Waals surface area contributed by atoms with Crippen LogP contribution in [-0.2, 0) is 6.42 Å². The molecule has 1 aliphatic carbocycles. The molecule has 1 saturated carbocycles. The highest BCUT2D eigenvalue weighted by Crippen LogP contribution is 2.40. The van der Waals surface area contributed by atoms with Crippen LogP contribution < -0.4 is 5.73 Å². The Morgan fingerprint density at radius 3 is 2.71 bits per heavy atom. The van der Waals surface area contributed by atoms with Crippen LogP contribution in [0.2, 0.25) is 0 Å². The first-order valence-electron chi connectivity index (χ1n) is 9.02. The largest absolute Gasteiger partial charge is 0.477 e. The van der Waals surface area contributed by atoms with Crippen LogP contribution in [0.15, 0.2) is 11.6 Å². The van der Waals surface area contributed by atoms with Crippen LogP contribution in [0.3, 0.4) is 0 Å². The SMILES string of the molecule is CCc1cc(C2=C(C3CCC(N)CC3)CN(C)CC2)c(C(=O)O)s1. The Morgan fingerprint density at radius 2 is 2.08 bits per heavy atom. The minimum absolute atomic E-state index is 0.342. The van der Waals surface area contributed by atoms with Gasteiger partial charge in [-0.2, -0.15) is 0 Å². The zero-order valence-corrected chi connectivity index (χ0v) is 15.5. The molecule has 2 aliphatic rings. The number of carboxylic acid groups (broad SMARTS) is 1. The fourth-order valence-corrected chi connectivity index (χ4v) is 5.04. The van der Waals surface area contributed by atoms with Crippen LogP contribution >= 0.6 is 11.3 Å². The van der Waals surface area contributed by atoms with E-state index in [4.69, 9.17) is 5.73 Å². The summed E-state index contributed by atoms with van der Waals surface area (Å²) in [6.07, 6.45) is 6.30. The minimum Gasteiger partial charge on any atom is -0.477 e. The number of rotatable bonds is 4. The minimum atomic E-state index is -0.786. The van der Waals surface area contributed by atoms with Gasteiger partial charge in [-0.3, -0.25) is 0 Å². The maximum atomic E-state index is 11.7. The molecular formula is C19H28N2O2S. The number of likely N-dealkylation sites (N-methyl/N-ethyl adjacent to an activating group) is 1. The van der Waals surface area contributed by atoms with Crippen molar-refractivity contribution in [2.24, 2.45) is 11.7 Å². The van der Waals surface area contributed by atoms with Crippen molar-refractivity contribution in [1.29, 1.82) is 0 Å². The van der Waals surface area contributed by atoms with Gasteiger partial charge < -0.3 is 15.7 Å². The number of nitrogens with zero attached hydrogens (tertiary/aromatic N) is 1. The van der Waals surface area contributed by atoms with Crippen LogP contribution in [0.4, 0.5) is 0 Å². The Hall–Kier alpha value is -1.17. The van der Waals surface area contributed by atoms with Gasteiger partial charge >= 0.3 is 5.97 Å². The highest BCUT2D eigenvalue weighted by molar-refractivity contribution is 7.14. The van der Waals surface area contributed by atoms with Gasteiger partial charge in [-0.15, -0.1) is 11.3 Å². The molecule has 0 saturated heterocycles. The predicted molar refractivity (Wildman–Crippen MR) is 99.6 cm³/mol. The standard InChI is InChI=1S/C19H28N2O2S/c1-3-14-10-16(18(24-14)19(22)23)15-8-9-21(2)11-17(15)12-4-6-13(20)7-5-12/h10,12-13H,3-9,11,20H2,1-2H3,(H,22,23). The zero-order chi connectivity index (χ0) is 17.3. The maximum Gasteiger partial charge on any atom is 0.346 e. The summed E-state index contributed by atoms with van der Waals surface area (Å²) in [5.41, 5.74) is 9.85. The molecule has 4 nitrogen and oxygen atoms in total. The van der Waals surface area contributed by atoms with Gasteiger partial charge in [0.05, 0.1) is 0 Å². The lowest BCUT2D eigenvalue weighted by Crippen LogP contribution is -2.34. The lowest BCUT2D eigenvalue weighted by molar-refractivity contribution is 0.0702. The molecule has 1 aliphatic heterocycles. The number of hydrogen-bond acceptors (Lipinski definition) is 4. The Bertz CT molecular complexity index is 642. The second-order valence-corrected chi connectivity index (χ2v) is 8.35. The number of carbonyl (C=O) groups is 1. The number of carboxylic acids is 1. The Balaban J connectivity index is 2.02. The second-order valence-electron chi connectivity index (χ2n) is 7.22. The molecule has 0 spiro atoms. The van der Waals surface area contributed by atoms with Gasteiger partial charge in [0.25, 0.3) is 0 Å². The summed E-state index contributed by atoms with van der Waals surface area (Å²) < 4.78 is 0. The summed E-state index contributed by atoms with van der Waals surface area (Å²) in [6, 6.07) is 2.47. The maximum absolute atomic E-state index is 11.7. The topological polar surface area (TPSA) is 66.6 Å². The molecule has 24 heavy (non-hydrogen) atoms. The van der Waals surface area contributed by atoms with E-state index < -0.39 is 5.97 Å². The monoisotopic (exact) mass is 348 g/mol. The molecule has 0 unspecified atom stereocenters. The Labute approximate surface area is 148 Å².